The van der Waals surface area contributed by atoms with E-state index < -0.39 is 0 Å². The first-order chi connectivity index (χ1) is 16.1. The molecule has 2 heterocycles. The lowest BCUT2D eigenvalue weighted by molar-refractivity contribution is 0.240. The van der Waals surface area contributed by atoms with E-state index in [0.29, 0.717) is 23.7 Å². The van der Waals surface area contributed by atoms with Gasteiger partial charge in [0.25, 0.3) is 0 Å². The van der Waals surface area contributed by atoms with Crippen molar-refractivity contribution in [2.75, 3.05) is 56.6 Å². The fraction of sp³-hybridized carbons (Fsp3) is 0.348. The lowest BCUT2D eigenvalue weighted by Gasteiger charge is -2.34. The molecule has 0 bridgehead atoms. The van der Waals surface area contributed by atoms with E-state index in [9.17, 15) is 4.79 Å². The number of aromatic nitrogens is 2. The lowest BCUT2D eigenvalue weighted by Crippen LogP contribution is -2.48. The number of carbonyl (C=O) groups excluding carboxylic acids is 1. The molecule has 2 aromatic carbocycles. The molecule has 4 rings (SSSR count). The number of rotatable bonds is 8. The molecular formula is C23H27ClN6O2S. The predicted molar refractivity (Wildman–Crippen MR) is 133 cm³/mol. The highest BCUT2D eigenvalue weighted by atomic mass is 35.5. The minimum atomic E-state index is -0.228. The Morgan fingerprint density at radius 3 is 2.76 bits per heavy atom. The molecular weight excluding hydrogens is 460 g/mol. The second kappa shape index (κ2) is 11.3. The van der Waals surface area contributed by atoms with Crippen LogP contribution in [0.15, 0.2) is 48.5 Å². The zero-order valence-corrected chi connectivity index (χ0v) is 20.0. The number of hydrogen-bond donors (Lipinski definition) is 2. The topological polar surface area (TPSA) is 82.6 Å². The van der Waals surface area contributed by atoms with Crippen LogP contribution < -0.4 is 20.3 Å². The number of ether oxygens (including phenoxy) is 1. The summed E-state index contributed by atoms with van der Waals surface area (Å²) in [5.41, 5.74) is 1.81. The van der Waals surface area contributed by atoms with Crippen LogP contribution in [0.4, 0.5) is 15.6 Å². The number of carbonyl (C=O) groups is 1. The van der Waals surface area contributed by atoms with Gasteiger partial charge in [0.2, 0.25) is 5.13 Å². The Balaban J connectivity index is 1.18. The Morgan fingerprint density at radius 1 is 1.15 bits per heavy atom. The van der Waals surface area contributed by atoms with Gasteiger partial charge in [-0.05, 0) is 35.9 Å². The normalized spacial score (nSPS) is 14.2. The lowest BCUT2D eigenvalue weighted by atomic mass is 10.1. The molecule has 0 saturated carbocycles. The summed E-state index contributed by atoms with van der Waals surface area (Å²) >= 11 is 7.39. The summed E-state index contributed by atoms with van der Waals surface area (Å²) in [6.45, 7) is 5.00. The van der Waals surface area contributed by atoms with E-state index in [0.717, 1.165) is 55.0 Å². The SMILES string of the molecule is COc1cccc(Cc2nsc(N3CCN(CCNC(=O)Nc4cccc(Cl)c4)CC3)n2)c1. The molecule has 1 fully saturated rings. The summed E-state index contributed by atoms with van der Waals surface area (Å²) in [4.78, 5) is 21.4. The fourth-order valence-corrected chi connectivity index (χ4v) is 4.57. The zero-order valence-electron chi connectivity index (χ0n) is 18.5. The highest BCUT2D eigenvalue weighted by Gasteiger charge is 2.20. The molecule has 174 valence electrons. The minimum absolute atomic E-state index is 0.228. The summed E-state index contributed by atoms with van der Waals surface area (Å²) in [6.07, 6.45) is 0.691. The highest BCUT2D eigenvalue weighted by Crippen LogP contribution is 2.21. The van der Waals surface area contributed by atoms with Crippen LogP contribution in [0, 0.1) is 0 Å². The van der Waals surface area contributed by atoms with E-state index in [1.54, 1.807) is 31.4 Å². The van der Waals surface area contributed by atoms with Crippen LogP contribution in [0.25, 0.3) is 0 Å². The Labute approximate surface area is 202 Å². The molecule has 2 amide bonds. The third-order valence-electron chi connectivity index (χ3n) is 5.39. The standard InChI is InChI=1S/C23H27ClN6O2S/c1-32-20-7-2-4-17(14-20)15-21-27-23(33-28-21)30-12-10-29(11-13-30)9-8-25-22(31)26-19-6-3-5-18(24)16-19/h2-7,14,16H,8-13,15H2,1H3,(H2,25,26,31). The monoisotopic (exact) mass is 486 g/mol. The smallest absolute Gasteiger partial charge is 0.319 e. The molecule has 0 radical (unpaired) electrons. The van der Waals surface area contributed by atoms with Gasteiger partial charge in [0, 0.05) is 67.9 Å². The molecule has 1 saturated heterocycles. The van der Waals surface area contributed by atoms with Gasteiger partial charge in [0.1, 0.15) is 11.6 Å². The summed E-state index contributed by atoms with van der Waals surface area (Å²) in [7, 11) is 1.67. The van der Waals surface area contributed by atoms with Gasteiger partial charge in [-0.15, -0.1) is 0 Å². The molecule has 0 unspecified atom stereocenters. The van der Waals surface area contributed by atoms with Crippen LogP contribution >= 0.6 is 23.1 Å². The Bertz CT molecular complexity index is 1070. The third-order valence-corrected chi connectivity index (χ3v) is 6.44. The first kappa shape index (κ1) is 23.3. The molecule has 1 aromatic heterocycles. The third kappa shape index (κ3) is 6.80. The van der Waals surface area contributed by atoms with E-state index in [4.69, 9.17) is 21.3 Å². The number of halogens is 1. The summed E-state index contributed by atoms with van der Waals surface area (Å²) in [5, 5.41) is 7.25. The van der Waals surface area contributed by atoms with Gasteiger partial charge in [-0.25, -0.2) is 9.78 Å². The Hall–Kier alpha value is -2.88. The molecule has 1 aliphatic heterocycles. The molecule has 33 heavy (non-hydrogen) atoms. The van der Waals surface area contributed by atoms with Crippen LogP contribution in [0.3, 0.4) is 0 Å². The number of piperazine rings is 1. The average molecular weight is 487 g/mol. The van der Waals surface area contributed by atoms with Crippen molar-refractivity contribution in [2.45, 2.75) is 6.42 Å². The van der Waals surface area contributed by atoms with Crippen LogP contribution in [0.1, 0.15) is 11.4 Å². The average Bonchev–Trinajstić information content (AvgIpc) is 3.28. The van der Waals surface area contributed by atoms with Gasteiger partial charge in [0.05, 0.1) is 7.11 Å². The Morgan fingerprint density at radius 2 is 1.97 bits per heavy atom. The molecule has 8 nitrogen and oxygen atoms in total. The van der Waals surface area contributed by atoms with Gasteiger partial charge in [-0.1, -0.05) is 29.8 Å². The molecule has 10 heteroatoms. The number of methoxy groups -OCH3 is 1. The molecule has 0 aliphatic carbocycles. The number of hydrogen-bond acceptors (Lipinski definition) is 7. The van der Waals surface area contributed by atoms with E-state index >= 15 is 0 Å². The maximum atomic E-state index is 12.1. The maximum absolute atomic E-state index is 12.1. The largest absolute Gasteiger partial charge is 0.497 e. The predicted octanol–water partition coefficient (Wildman–Crippen LogP) is 3.73. The van der Waals surface area contributed by atoms with Crippen molar-refractivity contribution in [3.8, 4) is 5.75 Å². The molecule has 0 atom stereocenters. The van der Waals surface area contributed by atoms with Crippen LogP contribution in [0.5, 0.6) is 5.75 Å². The number of benzene rings is 2. The number of anilines is 2. The summed E-state index contributed by atoms with van der Waals surface area (Å²) < 4.78 is 9.83. The second-order valence-corrected chi connectivity index (χ2v) is 8.91. The molecule has 2 N–H and O–H groups in total. The van der Waals surface area contributed by atoms with Gasteiger partial charge in [-0.3, -0.25) is 4.90 Å². The quantitative estimate of drug-likeness (QED) is 0.505. The summed E-state index contributed by atoms with van der Waals surface area (Å²) in [5.74, 6) is 1.68. The van der Waals surface area contributed by atoms with Crippen molar-refractivity contribution in [1.29, 1.82) is 0 Å². The van der Waals surface area contributed by atoms with E-state index in [2.05, 4.69) is 30.9 Å². The number of urea groups is 1. The fourth-order valence-electron chi connectivity index (χ4n) is 3.64. The number of amides is 2. The Kier molecular flexibility index (Phi) is 7.98. The maximum Gasteiger partial charge on any atom is 0.319 e. The molecule has 1 aliphatic rings. The second-order valence-electron chi connectivity index (χ2n) is 7.74. The van der Waals surface area contributed by atoms with Gasteiger partial charge < -0.3 is 20.3 Å². The van der Waals surface area contributed by atoms with E-state index in [-0.39, 0.29) is 6.03 Å². The zero-order chi connectivity index (χ0) is 23.0. The first-order valence-electron chi connectivity index (χ1n) is 10.8. The van der Waals surface area contributed by atoms with E-state index in [1.807, 2.05) is 18.2 Å². The van der Waals surface area contributed by atoms with Crippen molar-refractivity contribution < 1.29 is 9.53 Å². The summed E-state index contributed by atoms with van der Waals surface area (Å²) in [6, 6.07) is 14.9. The number of nitrogens with one attached hydrogen (secondary N) is 2. The highest BCUT2D eigenvalue weighted by molar-refractivity contribution is 7.09. The van der Waals surface area contributed by atoms with Crippen LogP contribution in [-0.2, 0) is 6.42 Å². The molecule has 3 aromatic rings. The minimum Gasteiger partial charge on any atom is -0.497 e. The van der Waals surface area contributed by atoms with Crippen molar-refractivity contribution >= 4 is 40.0 Å². The van der Waals surface area contributed by atoms with Gasteiger partial charge in [0.15, 0.2) is 0 Å². The van der Waals surface area contributed by atoms with E-state index in [1.165, 1.54) is 11.5 Å². The number of nitrogens with zero attached hydrogens (tertiary/aromatic N) is 4. The van der Waals surface area contributed by atoms with Crippen molar-refractivity contribution in [1.82, 2.24) is 19.6 Å². The first-order valence-corrected chi connectivity index (χ1v) is 12.0. The van der Waals surface area contributed by atoms with Crippen molar-refractivity contribution in [2.24, 2.45) is 0 Å². The van der Waals surface area contributed by atoms with Crippen LogP contribution in [-0.4, -0.2) is 66.7 Å². The van der Waals surface area contributed by atoms with Crippen molar-refractivity contribution in [3.05, 3.63) is 64.9 Å². The van der Waals surface area contributed by atoms with Gasteiger partial charge >= 0.3 is 6.03 Å². The van der Waals surface area contributed by atoms with Crippen LogP contribution in [0.2, 0.25) is 5.02 Å². The molecule has 0 spiro atoms. The van der Waals surface area contributed by atoms with Gasteiger partial charge in [-0.2, -0.15) is 4.37 Å². The van der Waals surface area contributed by atoms with Crippen molar-refractivity contribution in [3.63, 3.8) is 0 Å².